The first-order valence-electron chi connectivity index (χ1n) is 9.06. The topological polar surface area (TPSA) is 69.0 Å². The van der Waals surface area contributed by atoms with Crippen LogP contribution in [0.3, 0.4) is 0 Å². The lowest BCUT2D eigenvalue weighted by Crippen LogP contribution is -2.15. The number of aromatic nitrogens is 3. The highest BCUT2D eigenvalue weighted by Crippen LogP contribution is 2.28. The maximum absolute atomic E-state index is 12.4. The molecule has 0 aliphatic carbocycles. The SMILES string of the molecule is CCn1c(COc2cc(Cl)ccc2Cl)nnc1SCC(=O)Nc1cc(Cl)ccc1C. The average molecular weight is 486 g/mol. The van der Waals surface area contributed by atoms with Gasteiger partial charge in [-0.05, 0) is 43.7 Å². The number of ether oxygens (including phenoxy) is 1. The Hall–Kier alpha value is -1.93. The molecule has 3 aromatic rings. The van der Waals surface area contributed by atoms with Crippen molar-refractivity contribution < 1.29 is 9.53 Å². The summed E-state index contributed by atoms with van der Waals surface area (Å²) < 4.78 is 7.64. The Labute approximate surface area is 193 Å². The molecule has 0 saturated carbocycles. The van der Waals surface area contributed by atoms with Gasteiger partial charge in [0.2, 0.25) is 5.91 Å². The summed E-state index contributed by atoms with van der Waals surface area (Å²) in [6.07, 6.45) is 0. The molecule has 3 rings (SSSR count). The van der Waals surface area contributed by atoms with E-state index in [2.05, 4.69) is 15.5 Å². The summed E-state index contributed by atoms with van der Waals surface area (Å²) >= 11 is 19.4. The number of hydrogen-bond donors (Lipinski definition) is 1. The third kappa shape index (κ3) is 5.82. The molecule has 0 saturated heterocycles. The number of carbonyl (C=O) groups is 1. The van der Waals surface area contributed by atoms with Gasteiger partial charge in [0.25, 0.3) is 0 Å². The fourth-order valence-electron chi connectivity index (χ4n) is 2.63. The molecule has 1 heterocycles. The first-order valence-corrected chi connectivity index (χ1v) is 11.2. The van der Waals surface area contributed by atoms with Gasteiger partial charge in [-0.2, -0.15) is 0 Å². The van der Waals surface area contributed by atoms with Gasteiger partial charge >= 0.3 is 0 Å². The van der Waals surface area contributed by atoms with Crippen molar-refractivity contribution in [3.05, 3.63) is 62.9 Å². The van der Waals surface area contributed by atoms with E-state index in [1.807, 2.05) is 24.5 Å². The van der Waals surface area contributed by atoms with E-state index in [1.165, 1.54) is 11.8 Å². The van der Waals surface area contributed by atoms with E-state index in [9.17, 15) is 4.79 Å². The minimum Gasteiger partial charge on any atom is -0.484 e. The van der Waals surface area contributed by atoms with Crippen molar-refractivity contribution >= 4 is 58.2 Å². The maximum atomic E-state index is 12.4. The number of carbonyl (C=O) groups excluding carboxylic acids is 1. The number of amides is 1. The van der Waals surface area contributed by atoms with E-state index in [-0.39, 0.29) is 18.3 Å². The molecule has 6 nitrogen and oxygen atoms in total. The third-order valence-electron chi connectivity index (χ3n) is 4.17. The fraction of sp³-hybridized carbons (Fsp3) is 0.250. The van der Waals surface area contributed by atoms with E-state index in [0.29, 0.717) is 44.0 Å². The molecule has 0 unspecified atom stereocenters. The Balaban J connectivity index is 1.61. The summed E-state index contributed by atoms with van der Waals surface area (Å²) in [6.45, 7) is 4.69. The molecule has 1 N–H and O–H groups in total. The van der Waals surface area contributed by atoms with Crippen molar-refractivity contribution in [3.63, 3.8) is 0 Å². The lowest BCUT2D eigenvalue weighted by atomic mass is 10.2. The second kappa shape index (κ2) is 10.4. The molecule has 158 valence electrons. The van der Waals surface area contributed by atoms with Crippen LogP contribution in [0.2, 0.25) is 15.1 Å². The van der Waals surface area contributed by atoms with Crippen molar-refractivity contribution in [3.8, 4) is 5.75 Å². The van der Waals surface area contributed by atoms with Crippen LogP contribution in [0.15, 0.2) is 41.6 Å². The Morgan fingerprint density at radius 2 is 1.87 bits per heavy atom. The summed E-state index contributed by atoms with van der Waals surface area (Å²) in [4.78, 5) is 12.4. The molecule has 0 spiro atoms. The van der Waals surface area contributed by atoms with Crippen molar-refractivity contribution in [1.82, 2.24) is 14.8 Å². The first kappa shape index (κ1) is 22.7. The predicted molar refractivity (Wildman–Crippen MR) is 122 cm³/mol. The largest absolute Gasteiger partial charge is 0.484 e. The van der Waals surface area contributed by atoms with Gasteiger partial charge in [0.05, 0.1) is 10.8 Å². The summed E-state index contributed by atoms with van der Waals surface area (Å²) in [7, 11) is 0. The Morgan fingerprint density at radius 1 is 1.13 bits per heavy atom. The van der Waals surface area contributed by atoms with Crippen molar-refractivity contribution in [2.75, 3.05) is 11.1 Å². The number of rotatable bonds is 8. The molecule has 0 aliphatic heterocycles. The maximum Gasteiger partial charge on any atom is 0.234 e. The molecule has 0 bridgehead atoms. The second-order valence-electron chi connectivity index (χ2n) is 6.30. The smallest absolute Gasteiger partial charge is 0.234 e. The van der Waals surface area contributed by atoms with Crippen LogP contribution in [0.1, 0.15) is 18.3 Å². The normalized spacial score (nSPS) is 10.8. The molecule has 1 aromatic heterocycles. The van der Waals surface area contributed by atoms with Gasteiger partial charge in [-0.3, -0.25) is 4.79 Å². The van der Waals surface area contributed by atoms with Gasteiger partial charge in [0, 0.05) is 28.3 Å². The van der Waals surface area contributed by atoms with Gasteiger partial charge < -0.3 is 14.6 Å². The highest BCUT2D eigenvalue weighted by Gasteiger charge is 2.15. The molecule has 0 fully saturated rings. The van der Waals surface area contributed by atoms with Crippen LogP contribution in [-0.4, -0.2) is 26.4 Å². The van der Waals surface area contributed by atoms with Gasteiger partial charge in [-0.1, -0.05) is 52.6 Å². The van der Waals surface area contributed by atoms with Crippen LogP contribution in [0.4, 0.5) is 5.69 Å². The van der Waals surface area contributed by atoms with Gasteiger partial charge in [-0.25, -0.2) is 0 Å². The van der Waals surface area contributed by atoms with Crippen LogP contribution < -0.4 is 10.1 Å². The molecule has 10 heteroatoms. The zero-order chi connectivity index (χ0) is 21.7. The lowest BCUT2D eigenvalue weighted by molar-refractivity contribution is -0.113. The molecule has 0 atom stereocenters. The number of anilines is 1. The molecular weight excluding hydrogens is 467 g/mol. The summed E-state index contributed by atoms with van der Waals surface area (Å²) in [6, 6.07) is 10.4. The third-order valence-corrected chi connectivity index (χ3v) is 5.91. The molecule has 2 aromatic carbocycles. The van der Waals surface area contributed by atoms with Crippen molar-refractivity contribution in [2.45, 2.75) is 32.2 Å². The summed E-state index contributed by atoms with van der Waals surface area (Å²) in [5, 5.41) is 13.4. The number of aryl methyl sites for hydroxylation is 1. The molecule has 0 radical (unpaired) electrons. The highest BCUT2D eigenvalue weighted by molar-refractivity contribution is 7.99. The van der Waals surface area contributed by atoms with E-state index >= 15 is 0 Å². The minimum absolute atomic E-state index is 0.153. The van der Waals surface area contributed by atoms with Crippen LogP contribution in [-0.2, 0) is 17.9 Å². The summed E-state index contributed by atoms with van der Waals surface area (Å²) in [5.74, 6) is 1.13. The quantitative estimate of drug-likeness (QED) is 0.404. The zero-order valence-electron chi connectivity index (χ0n) is 16.3. The fourth-order valence-corrected chi connectivity index (χ4v) is 3.95. The van der Waals surface area contributed by atoms with E-state index in [4.69, 9.17) is 39.5 Å². The minimum atomic E-state index is -0.153. The number of thioether (sulfide) groups is 1. The molecule has 0 aliphatic rings. The molecule has 30 heavy (non-hydrogen) atoms. The summed E-state index contributed by atoms with van der Waals surface area (Å²) in [5.41, 5.74) is 1.63. The van der Waals surface area contributed by atoms with Gasteiger partial charge in [-0.15, -0.1) is 10.2 Å². The second-order valence-corrected chi connectivity index (χ2v) is 8.53. The van der Waals surface area contributed by atoms with E-state index in [0.717, 1.165) is 5.56 Å². The van der Waals surface area contributed by atoms with E-state index < -0.39 is 0 Å². The van der Waals surface area contributed by atoms with Gasteiger partial charge in [0.15, 0.2) is 11.0 Å². The van der Waals surface area contributed by atoms with Crippen LogP contribution in [0.25, 0.3) is 0 Å². The Kier molecular flexibility index (Phi) is 7.88. The molecule has 1 amide bonds. The van der Waals surface area contributed by atoms with Crippen molar-refractivity contribution in [1.29, 1.82) is 0 Å². The van der Waals surface area contributed by atoms with Crippen LogP contribution in [0, 0.1) is 6.92 Å². The van der Waals surface area contributed by atoms with Crippen LogP contribution in [0.5, 0.6) is 5.75 Å². The zero-order valence-corrected chi connectivity index (χ0v) is 19.4. The van der Waals surface area contributed by atoms with E-state index in [1.54, 1.807) is 30.3 Å². The lowest BCUT2D eigenvalue weighted by Gasteiger charge is -2.11. The van der Waals surface area contributed by atoms with Gasteiger partial charge in [0.1, 0.15) is 12.4 Å². The monoisotopic (exact) mass is 484 g/mol. The molecular formula is C20H19Cl3N4O2S. The number of nitrogens with one attached hydrogen (secondary N) is 1. The Morgan fingerprint density at radius 3 is 2.63 bits per heavy atom. The first-order chi connectivity index (χ1) is 14.4. The Bertz CT molecular complexity index is 1060. The van der Waals surface area contributed by atoms with Crippen LogP contribution >= 0.6 is 46.6 Å². The highest BCUT2D eigenvalue weighted by atomic mass is 35.5. The van der Waals surface area contributed by atoms with Crippen molar-refractivity contribution in [2.24, 2.45) is 0 Å². The standard InChI is InChI=1S/C20H19Cl3N4O2S/c1-3-27-18(10-29-17-9-14(22)6-7-15(17)23)25-26-20(27)30-11-19(28)24-16-8-13(21)5-4-12(16)2/h4-9H,3,10-11H2,1-2H3,(H,24,28). The average Bonchev–Trinajstić information content (AvgIpc) is 3.11. The number of benzene rings is 2. The number of nitrogens with zero attached hydrogens (tertiary/aromatic N) is 3. The number of halogens is 3. The predicted octanol–water partition coefficient (Wildman–Crippen LogP) is 5.88. The number of hydrogen-bond acceptors (Lipinski definition) is 5.